The predicted molar refractivity (Wildman–Crippen MR) is 85.6 cm³/mol. The van der Waals surface area contributed by atoms with Gasteiger partial charge in [-0.05, 0) is 34.6 Å². The van der Waals surface area contributed by atoms with Gasteiger partial charge in [-0.25, -0.2) is 0 Å². The number of aromatic nitrogens is 1. The molecule has 1 saturated heterocycles. The van der Waals surface area contributed by atoms with Gasteiger partial charge in [0.25, 0.3) is 0 Å². The largest absolute Gasteiger partial charge is 0.361 e. The van der Waals surface area contributed by atoms with Gasteiger partial charge in [0.2, 0.25) is 5.91 Å². The summed E-state index contributed by atoms with van der Waals surface area (Å²) in [5, 5.41) is 7.00. The Kier molecular flexibility index (Phi) is 5.58. The highest BCUT2D eigenvalue weighted by Crippen LogP contribution is 2.16. The topological polar surface area (TPSA) is 61.6 Å². The molecule has 6 heteroatoms. The van der Waals surface area contributed by atoms with E-state index in [1.165, 1.54) is 5.56 Å². The Bertz CT molecular complexity index is 485. The highest BCUT2D eigenvalue weighted by molar-refractivity contribution is 5.81. The fourth-order valence-corrected chi connectivity index (χ4v) is 2.83. The molecule has 1 aromatic heterocycles. The molecular formula is C16H28N4O2. The Morgan fingerprint density at radius 2 is 1.86 bits per heavy atom. The number of hydrogen-bond donors (Lipinski definition) is 1. The van der Waals surface area contributed by atoms with Crippen LogP contribution in [-0.2, 0) is 11.3 Å². The van der Waals surface area contributed by atoms with Crippen LogP contribution in [0.3, 0.4) is 0 Å². The standard InChI is InChI=1S/C16H28N4O2/c1-11(2)17-16(21)13(4)20-8-6-19(7-9-20)10-15-12(3)18-22-14(15)5/h11,13H,6-10H2,1-5H3,(H,17,21). The molecule has 6 nitrogen and oxygen atoms in total. The van der Waals surface area contributed by atoms with E-state index in [1.54, 1.807) is 0 Å². The number of rotatable bonds is 5. The second kappa shape index (κ2) is 7.24. The van der Waals surface area contributed by atoms with Crippen LogP contribution in [-0.4, -0.2) is 59.1 Å². The minimum atomic E-state index is -0.0661. The first-order chi connectivity index (χ1) is 10.4. The monoisotopic (exact) mass is 308 g/mol. The van der Waals surface area contributed by atoms with Crippen LogP contribution in [0, 0.1) is 13.8 Å². The van der Waals surface area contributed by atoms with Gasteiger partial charge in [0, 0.05) is 44.3 Å². The van der Waals surface area contributed by atoms with Gasteiger partial charge >= 0.3 is 0 Å². The summed E-state index contributed by atoms with van der Waals surface area (Å²) in [6.45, 7) is 14.5. The smallest absolute Gasteiger partial charge is 0.237 e. The van der Waals surface area contributed by atoms with E-state index in [9.17, 15) is 4.79 Å². The number of amides is 1. The SMILES string of the molecule is Cc1noc(C)c1CN1CCN(C(C)C(=O)NC(C)C)CC1. The molecule has 0 bridgehead atoms. The van der Waals surface area contributed by atoms with Crippen molar-refractivity contribution >= 4 is 5.91 Å². The Hall–Kier alpha value is -1.40. The predicted octanol–water partition coefficient (Wildman–Crippen LogP) is 1.32. The number of nitrogens with zero attached hydrogens (tertiary/aromatic N) is 3. The van der Waals surface area contributed by atoms with Crippen molar-refractivity contribution in [2.24, 2.45) is 0 Å². The van der Waals surface area contributed by atoms with Crippen molar-refractivity contribution < 1.29 is 9.32 Å². The number of hydrogen-bond acceptors (Lipinski definition) is 5. The van der Waals surface area contributed by atoms with E-state index in [0.717, 1.165) is 44.2 Å². The van der Waals surface area contributed by atoms with Crippen LogP contribution in [0.2, 0.25) is 0 Å². The second-order valence-electron chi connectivity index (χ2n) is 6.45. The van der Waals surface area contributed by atoms with Gasteiger partial charge in [-0.2, -0.15) is 0 Å². The molecule has 0 saturated carbocycles. The van der Waals surface area contributed by atoms with Crippen molar-refractivity contribution in [3.05, 3.63) is 17.0 Å². The van der Waals surface area contributed by atoms with Crippen molar-refractivity contribution in [3.63, 3.8) is 0 Å². The summed E-state index contributed by atoms with van der Waals surface area (Å²) in [7, 11) is 0. The Morgan fingerprint density at radius 1 is 1.23 bits per heavy atom. The van der Waals surface area contributed by atoms with E-state index in [4.69, 9.17) is 4.52 Å². The van der Waals surface area contributed by atoms with E-state index >= 15 is 0 Å². The molecule has 1 aliphatic heterocycles. The van der Waals surface area contributed by atoms with E-state index in [0.29, 0.717) is 0 Å². The molecule has 124 valence electrons. The minimum Gasteiger partial charge on any atom is -0.361 e. The van der Waals surface area contributed by atoms with Crippen LogP contribution in [0.25, 0.3) is 0 Å². The summed E-state index contributed by atoms with van der Waals surface area (Å²) in [6.07, 6.45) is 0. The van der Waals surface area contributed by atoms with Gasteiger partial charge in [0.1, 0.15) is 5.76 Å². The summed E-state index contributed by atoms with van der Waals surface area (Å²) in [6, 6.07) is 0.124. The van der Waals surface area contributed by atoms with E-state index < -0.39 is 0 Å². The summed E-state index contributed by atoms with van der Waals surface area (Å²) >= 11 is 0. The quantitative estimate of drug-likeness (QED) is 0.889. The maximum absolute atomic E-state index is 12.1. The maximum atomic E-state index is 12.1. The fraction of sp³-hybridized carbons (Fsp3) is 0.750. The molecule has 1 atom stereocenters. The van der Waals surface area contributed by atoms with Gasteiger partial charge in [-0.3, -0.25) is 14.6 Å². The third kappa shape index (κ3) is 4.08. The van der Waals surface area contributed by atoms with Crippen molar-refractivity contribution in [2.75, 3.05) is 26.2 Å². The highest BCUT2D eigenvalue weighted by Gasteiger charge is 2.26. The number of carbonyl (C=O) groups excluding carboxylic acids is 1. The fourth-order valence-electron chi connectivity index (χ4n) is 2.83. The Morgan fingerprint density at radius 3 is 2.36 bits per heavy atom. The van der Waals surface area contributed by atoms with Gasteiger partial charge in [0.05, 0.1) is 11.7 Å². The normalized spacial score (nSPS) is 18.6. The number of carbonyl (C=O) groups is 1. The molecule has 22 heavy (non-hydrogen) atoms. The zero-order valence-electron chi connectivity index (χ0n) is 14.3. The van der Waals surface area contributed by atoms with Crippen molar-refractivity contribution in [3.8, 4) is 0 Å². The van der Waals surface area contributed by atoms with Gasteiger partial charge in [-0.15, -0.1) is 0 Å². The lowest BCUT2D eigenvalue weighted by atomic mass is 10.1. The maximum Gasteiger partial charge on any atom is 0.237 e. The molecule has 0 aromatic carbocycles. The van der Waals surface area contributed by atoms with E-state index in [2.05, 4.69) is 20.3 Å². The average Bonchev–Trinajstić information content (AvgIpc) is 2.78. The van der Waals surface area contributed by atoms with Crippen LogP contribution < -0.4 is 5.32 Å². The molecule has 1 unspecified atom stereocenters. The van der Waals surface area contributed by atoms with Crippen LogP contribution in [0.4, 0.5) is 0 Å². The minimum absolute atomic E-state index is 0.0661. The van der Waals surface area contributed by atoms with Gasteiger partial charge in [-0.1, -0.05) is 5.16 Å². The van der Waals surface area contributed by atoms with Crippen molar-refractivity contribution in [1.82, 2.24) is 20.3 Å². The first-order valence-corrected chi connectivity index (χ1v) is 8.07. The van der Waals surface area contributed by atoms with E-state index in [-0.39, 0.29) is 18.0 Å². The molecule has 1 aliphatic rings. The lowest BCUT2D eigenvalue weighted by Gasteiger charge is -2.37. The third-order valence-electron chi connectivity index (χ3n) is 4.33. The molecule has 1 fully saturated rings. The first kappa shape index (κ1) is 17.0. The molecule has 0 spiro atoms. The molecule has 1 N–H and O–H groups in total. The zero-order valence-corrected chi connectivity index (χ0v) is 14.3. The highest BCUT2D eigenvalue weighted by atomic mass is 16.5. The summed E-state index contributed by atoms with van der Waals surface area (Å²) in [5.41, 5.74) is 2.17. The Labute approximate surface area is 132 Å². The van der Waals surface area contributed by atoms with Crippen molar-refractivity contribution in [2.45, 2.75) is 53.2 Å². The average molecular weight is 308 g/mol. The summed E-state index contributed by atoms with van der Waals surface area (Å²) in [4.78, 5) is 16.7. The Balaban J connectivity index is 1.84. The number of aryl methyl sites for hydroxylation is 2. The molecular weight excluding hydrogens is 280 g/mol. The molecule has 2 rings (SSSR count). The number of nitrogens with one attached hydrogen (secondary N) is 1. The van der Waals surface area contributed by atoms with Gasteiger partial charge < -0.3 is 9.84 Å². The molecule has 1 amide bonds. The lowest BCUT2D eigenvalue weighted by Crippen LogP contribution is -2.54. The van der Waals surface area contributed by atoms with Crippen LogP contribution in [0.5, 0.6) is 0 Å². The van der Waals surface area contributed by atoms with E-state index in [1.807, 2.05) is 34.6 Å². The number of piperazine rings is 1. The molecule has 2 heterocycles. The summed E-state index contributed by atoms with van der Waals surface area (Å²) in [5.74, 6) is 1.03. The van der Waals surface area contributed by atoms with Crippen molar-refractivity contribution in [1.29, 1.82) is 0 Å². The molecule has 0 radical (unpaired) electrons. The van der Waals surface area contributed by atoms with Crippen LogP contribution >= 0.6 is 0 Å². The zero-order chi connectivity index (χ0) is 16.3. The third-order valence-corrected chi connectivity index (χ3v) is 4.33. The van der Waals surface area contributed by atoms with Gasteiger partial charge in [0.15, 0.2) is 0 Å². The molecule has 0 aliphatic carbocycles. The molecule has 1 aromatic rings. The van der Waals surface area contributed by atoms with Crippen LogP contribution in [0.15, 0.2) is 4.52 Å². The lowest BCUT2D eigenvalue weighted by molar-refractivity contribution is -0.127. The van der Waals surface area contributed by atoms with Crippen LogP contribution in [0.1, 0.15) is 37.8 Å². The summed E-state index contributed by atoms with van der Waals surface area (Å²) < 4.78 is 5.22. The second-order valence-corrected chi connectivity index (χ2v) is 6.45. The first-order valence-electron chi connectivity index (χ1n) is 8.07.